The second kappa shape index (κ2) is 9.82. The smallest absolute Gasteiger partial charge is 0.119 e. The van der Waals surface area contributed by atoms with Gasteiger partial charge in [0.2, 0.25) is 0 Å². The van der Waals surface area contributed by atoms with Crippen molar-refractivity contribution >= 4 is 11.4 Å². The van der Waals surface area contributed by atoms with Crippen molar-refractivity contribution in [1.82, 2.24) is 0 Å². The summed E-state index contributed by atoms with van der Waals surface area (Å²) in [4.78, 5) is 0. The Kier molecular flexibility index (Phi) is 7.45. The molecule has 0 aliphatic heterocycles. The topological polar surface area (TPSA) is 42.5 Å². The molecule has 4 nitrogen and oxygen atoms in total. The van der Waals surface area contributed by atoms with Gasteiger partial charge in [-0.25, -0.2) is 0 Å². The molecule has 0 heterocycles. The largest absolute Gasteiger partial charge is 0.493 e. The van der Waals surface area contributed by atoms with Gasteiger partial charge in [-0.1, -0.05) is 0 Å². The van der Waals surface area contributed by atoms with Crippen molar-refractivity contribution in [3.63, 3.8) is 0 Å². The molecule has 0 fully saturated rings. The molecule has 0 saturated heterocycles. The minimum Gasteiger partial charge on any atom is -0.493 e. The fourth-order valence-corrected chi connectivity index (χ4v) is 2.40. The standard InChI is InChI=1S/C21H30N2O2/c1-16(2)22-18-6-10-20(11-7-18)24-14-5-15-25-21-12-8-19(9-13-21)23-17(3)4/h6-13,16-17,22-23H,5,14-15H2,1-4H3. The summed E-state index contributed by atoms with van der Waals surface area (Å²) >= 11 is 0. The van der Waals surface area contributed by atoms with E-state index in [-0.39, 0.29) is 0 Å². The van der Waals surface area contributed by atoms with Gasteiger partial charge in [-0.3, -0.25) is 0 Å². The van der Waals surface area contributed by atoms with Crippen LogP contribution in [-0.2, 0) is 0 Å². The van der Waals surface area contributed by atoms with Crippen LogP contribution in [0.4, 0.5) is 11.4 Å². The van der Waals surface area contributed by atoms with Crippen molar-refractivity contribution < 1.29 is 9.47 Å². The Morgan fingerprint density at radius 2 is 1.00 bits per heavy atom. The first kappa shape index (κ1) is 19.0. The van der Waals surface area contributed by atoms with Gasteiger partial charge in [-0.15, -0.1) is 0 Å². The van der Waals surface area contributed by atoms with Crippen molar-refractivity contribution in [2.24, 2.45) is 0 Å². The summed E-state index contributed by atoms with van der Waals surface area (Å²) in [5.41, 5.74) is 2.22. The Morgan fingerprint density at radius 1 is 0.640 bits per heavy atom. The average Bonchev–Trinajstić information content (AvgIpc) is 2.56. The van der Waals surface area contributed by atoms with Crippen LogP contribution in [0, 0.1) is 0 Å². The third kappa shape index (κ3) is 7.38. The van der Waals surface area contributed by atoms with E-state index in [2.05, 4.69) is 38.3 Å². The van der Waals surface area contributed by atoms with E-state index in [1.54, 1.807) is 0 Å². The third-order valence-electron chi connectivity index (χ3n) is 3.45. The highest BCUT2D eigenvalue weighted by molar-refractivity contribution is 5.47. The molecule has 0 spiro atoms. The highest BCUT2D eigenvalue weighted by atomic mass is 16.5. The number of hydrogen-bond acceptors (Lipinski definition) is 4. The van der Waals surface area contributed by atoms with E-state index in [0.29, 0.717) is 25.3 Å². The zero-order valence-electron chi connectivity index (χ0n) is 15.7. The maximum Gasteiger partial charge on any atom is 0.119 e. The van der Waals surface area contributed by atoms with Crippen molar-refractivity contribution in [3.05, 3.63) is 48.5 Å². The number of rotatable bonds is 10. The lowest BCUT2D eigenvalue weighted by Crippen LogP contribution is -2.09. The minimum absolute atomic E-state index is 0.430. The Hall–Kier alpha value is -2.36. The lowest BCUT2D eigenvalue weighted by Gasteiger charge is -2.12. The molecule has 0 atom stereocenters. The molecule has 0 aliphatic carbocycles. The predicted octanol–water partition coefficient (Wildman–Crippen LogP) is 5.18. The average molecular weight is 342 g/mol. The molecule has 0 bridgehead atoms. The number of hydrogen-bond donors (Lipinski definition) is 2. The second-order valence-corrected chi connectivity index (χ2v) is 6.70. The van der Waals surface area contributed by atoms with Crippen LogP contribution in [0.3, 0.4) is 0 Å². The van der Waals surface area contributed by atoms with Gasteiger partial charge in [0.25, 0.3) is 0 Å². The number of anilines is 2. The van der Waals surface area contributed by atoms with E-state index in [4.69, 9.17) is 9.47 Å². The van der Waals surface area contributed by atoms with Crippen LogP contribution in [-0.4, -0.2) is 25.3 Å². The molecule has 4 heteroatoms. The summed E-state index contributed by atoms with van der Waals surface area (Å²) in [5.74, 6) is 1.77. The summed E-state index contributed by atoms with van der Waals surface area (Å²) < 4.78 is 11.5. The first-order valence-corrected chi connectivity index (χ1v) is 9.02. The van der Waals surface area contributed by atoms with Crippen molar-refractivity contribution in [2.45, 2.75) is 46.2 Å². The Bertz CT molecular complexity index is 551. The fraction of sp³-hybridized carbons (Fsp3) is 0.429. The van der Waals surface area contributed by atoms with Gasteiger partial charge in [0.15, 0.2) is 0 Å². The van der Waals surface area contributed by atoms with E-state index in [0.717, 1.165) is 29.3 Å². The van der Waals surface area contributed by atoms with E-state index in [1.807, 2.05) is 48.5 Å². The third-order valence-corrected chi connectivity index (χ3v) is 3.45. The fourth-order valence-electron chi connectivity index (χ4n) is 2.40. The summed E-state index contributed by atoms with van der Waals surface area (Å²) in [6, 6.07) is 17.0. The van der Waals surface area contributed by atoms with Gasteiger partial charge >= 0.3 is 0 Å². The van der Waals surface area contributed by atoms with Gasteiger partial charge in [-0.05, 0) is 76.2 Å². The molecule has 2 N–H and O–H groups in total. The molecule has 0 amide bonds. The molecule has 2 aromatic carbocycles. The lowest BCUT2D eigenvalue weighted by atomic mass is 10.2. The second-order valence-electron chi connectivity index (χ2n) is 6.70. The van der Waals surface area contributed by atoms with E-state index in [1.165, 1.54) is 0 Å². The molecular formula is C21H30N2O2. The monoisotopic (exact) mass is 342 g/mol. The maximum atomic E-state index is 5.75. The Balaban J connectivity index is 1.64. The molecule has 0 aliphatic rings. The maximum absolute atomic E-state index is 5.75. The van der Waals surface area contributed by atoms with E-state index < -0.39 is 0 Å². The van der Waals surface area contributed by atoms with Crippen LogP contribution < -0.4 is 20.1 Å². The number of nitrogens with one attached hydrogen (secondary N) is 2. The predicted molar refractivity (Wildman–Crippen MR) is 106 cm³/mol. The van der Waals surface area contributed by atoms with Crippen LogP contribution in [0.25, 0.3) is 0 Å². The highest BCUT2D eigenvalue weighted by Gasteiger charge is 1.99. The van der Waals surface area contributed by atoms with Crippen LogP contribution >= 0.6 is 0 Å². The van der Waals surface area contributed by atoms with Crippen molar-refractivity contribution in [3.8, 4) is 11.5 Å². The molecular weight excluding hydrogens is 312 g/mol. The number of ether oxygens (including phenoxy) is 2. The SMILES string of the molecule is CC(C)Nc1ccc(OCCCOc2ccc(NC(C)C)cc2)cc1. The Labute approximate surface area is 151 Å². The first-order chi connectivity index (χ1) is 12.0. The molecule has 25 heavy (non-hydrogen) atoms. The van der Waals surface area contributed by atoms with Crippen LogP contribution in [0.5, 0.6) is 11.5 Å². The van der Waals surface area contributed by atoms with Gasteiger partial charge in [-0.2, -0.15) is 0 Å². The quantitative estimate of drug-likeness (QED) is 0.584. The zero-order valence-corrected chi connectivity index (χ0v) is 15.7. The molecule has 2 rings (SSSR count). The lowest BCUT2D eigenvalue weighted by molar-refractivity contribution is 0.247. The molecule has 2 aromatic rings. The molecule has 136 valence electrons. The van der Waals surface area contributed by atoms with Gasteiger partial charge in [0, 0.05) is 29.9 Å². The normalized spacial score (nSPS) is 10.8. The summed E-state index contributed by atoms with van der Waals surface area (Å²) in [6.07, 6.45) is 0.845. The summed E-state index contributed by atoms with van der Waals surface area (Å²) in [5, 5.41) is 6.72. The van der Waals surface area contributed by atoms with E-state index in [9.17, 15) is 0 Å². The summed E-state index contributed by atoms with van der Waals surface area (Å²) in [7, 11) is 0. The number of benzene rings is 2. The minimum atomic E-state index is 0.430. The highest BCUT2D eigenvalue weighted by Crippen LogP contribution is 2.18. The summed E-state index contributed by atoms with van der Waals surface area (Å²) in [6.45, 7) is 9.78. The van der Waals surface area contributed by atoms with Gasteiger partial charge in [0.1, 0.15) is 11.5 Å². The van der Waals surface area contributed by atoms with Crippen LogP contribution in [0.2, 0.25) is 0 Å². The zero-order chi connectivity index (χ0) is 18.1. The van der Waals surface area contributed by atoms with Crippen molar-refractivity contribution in [2.75, 3.05) is 23.8 Å². The first-order valence-electron chi connectivity index (χ1n) is 9.02. The van der Waals surface area contributed by atoms with Gasteiger partial charge < -0.3 is 20.1 Å². The van der Waals surface area contributed by atoms with Crippen LogP contribution in [0.15, 0.2) is 48.5 Å². The van der Waals surface area contributed by atoms with Crippen molar-refractivity contribution in [1.29, 1.82) is 0 Å². The Morgan fingerprint density at radius 3 is 1.32 bits per heavy atom. The molecule has 0 radical (unpaired) electrons. The van der Waals surface area contributed by atoms with Gasteiger partial charge in [0.05, 0.1) is 13.2 Å². The molecule has 0 unspecified atom stereocenters. The molecule has 0 saturated carbocycles. The molecule has 0 aromatic heterocycles. The van der Waals surface area contributed by atoms with Crippen LogP contribution in [0.1, 0.15) is 34.1 Å². The van der Waals surface area contributed by atoms with E-state index >= 15 is 0 Å².